The molecule has 4 rings (SSSR count). The normalized spacial score (nSPS) is 37.0. The number of ketones is 1. The number of rotatable bonds is 5. The molecule has 0 spiro atoms. The van der Waals surface area contributed by atoms with E-state index < -0.39 is 17.8 Å². The molecule has 178 valence electrons. The molecule has 0 aromatic carbocycles. The molecular formula is C27H40O5. The molecule has 6 atom stereocenters. The van der Waals surface area contributed by atoms with E-state index in [0.717, 1.165) is 36.8 Å². The Balaban J connectivity index is 1.64. The average molecular weight is 445 g/mol. The van der Waals surface area contributed by atoms with Crippen LogP contribution in [0.4, 0.5) is 0 Å². The van der Waals surface area contributed by atoms with Crippen molar-refractivity contribution in [3.63, 3.8) is 0 Å². The average Bonchev–Trinajstić information content (AvgIpc) is 3.07. The summed E-state index contributed by atoms with van der Waals surface area (Å²) in [5.74, 6) is -0.187. The molecular weight excluding hydrogens is 404 g/mol. The Kier molecular flexibility index (Phi) is 5.79. The number of aliphatic hydroxyl groups is 4. The van der Waals surface area contributed by atoms with Gasteiger partial charge in [-0.2, -0.15) is 0 Å². The first-order valence-electron chi connectivity index (χ1n) is 12.3. The fraction of sp³-hybridized carbons (Fsp3) is 0.741. The van der Waals surface area contributed by atoms with E-state index in [1.807, 2.05) is 0 Å². The van der Waals surface area contributed by atoms with Gasteiger partial charge in [-0.05, 0) is 99.2 Å². The second-order valence-corrected chi connectivity index (χ2v) is 11.9. The van der Waals surface area contributed by atoms with Crippen molar-refractivity contribution in [2.45, 2.75) is 104 Å². The molecule has 5 heteroatoms. The Labute approximate surface area is 191 Å². The number of aliphatic hydroxyl groups excluding tert-OH is 3. The number of carbonyl (C=O) groups is 1. The Morgan fingerprint density at radius 1 is 1.22 bits per heavy atom. The van der Waals surface area contributed by atoms with E-state index in [2.05, 4.69) is 26.8 Å². The van der Waals surface area contributed by atoms with Crippen LogP contribution < -0.4 is 0 Å². The van der Waals surface area contributed by atoms with Gasteiger partial charge in [-0.25, -0.2) is 0 Å². The third kappa shape index (κ3) is 3.61. The standard InChI is InChI=1S/C27H40O5/c1-15(21(29)10-11-25(2,3)32)17-6-7-18-22-19(9-13-26(17,18)4)27(5)12-8-16(28)14-20(27)23(30)24(22)31/h7,15-17,21,28-30,32H,6,8-14H2,1-5H3/t15-,16-,17+,21+,26+,27+/m0/s1. The Hall–Kier alpha value is -1.43. The first-order valence-corrected chi connectivity index (χ1v) is 12.3. The quantitative estimate of drug-likeness (QED) is 0.500. The lowest BCUT2D eigenvalue weighted by Gasteiger charge is -2.50. The molecule has 5 nitrogen and oxygen atoms in total. The van der Waals surface area contributed by atoms with Crippen LogP contribution in [0.2, 0.25) is 0 Å². The molecule has 0 amide bonds. The van der Waals surface area contributed by atoms with E-state index >= 15 is 0 Å². The van der Waals surface area contributed by atoms with Crippen LogP contribution in [-0.4, -0.2) is 44.0 Å². The molecule has 0 aromatic rings. The molecule has 4 N–H and O–H groups in total. The minimum absolute atomic E-state index is 0.0389. The van der Waals surface area contributed by atoms with E-state index in [-0.39, 0.29) is 34.2 Å². The lowest BCUT2D eigenvalue weighted by atomic mass is 9.53. The molecule has 0 unspecified atom stereocenters. The molecule has 0 aromatic heterocycles. The topological polar surface area (TPSA) is 98.0 Å². The van der Waals surface area contributed by atoms with Crippen molar-refractivity contribution in [1.82, 2.24) is 0 Å². The first-order chi connectivity index (χ1) is 14.8. The van der Waals surface area contributed by atoms with Crippen molar-refractivity contribution >= 4 is 5.78 Å². The first kappa shape index (κ1) is 23.7. The van der Waals surface area contributed by atoms with Gasteiger partial charge in [-0.15, -0.1) is 0 Å². The summed E-state index contributed by atoms with van der Waals surface area (Å²) < 4.78 is 0. The smallest absolute Gasteiger partial charge is 0.227 e. The largest absolute Gasteiger partial charge is 0.504 e. The zero-order chi connectivity index (χ0) is 23.6. The van der Waals surface area contributed by atoms with Crippen molar-refractivity contribution in [2.24, 2.45) is 22.7 Å². The maximum Gasteiger partial charge on any atom is 0.227 e. The summed E-state index contributed by atoms with van der Waals surface area (Å²) in [6.07, 6.45) is 6.60. The van der Waals surface area contributed by atoms with Gasteiger partial charge in [0, 0.05) is 11.0 Å². The predicted molar refractivity (Wildman–Crippen MR) is 124 cm³/mol. The minimum Gasteiger partial charge on any atom is -0.504 e. The van der Waals surface area contributed by atoms with Crippen molar-refractivity contribution in [3.05, 3.63) is 34.1 Å². The van der Waals surface area contributed by atoms with Gasteiger partial charge in [0.15, 0.2) is 5.76 Å². The fourth-order valence-electron chi connectivity index (χ4n) is 7.07. The summed E-state index contributed by atoms with van der Waals surface area (Å²) in [4.78, 5) is 13.4. The second-order valence-electron chi connectivity index (χ2n) is 11.9. The molecule has 0 saturated heterocycles. The summed E-state index contributed by atoms with van der Waals surface area (Å²) >= 11 is 0. The van der Waals surface area contributed by atoms with Crippen LogP contribution in [0.25, 0.3) is 0 Å². The molecule has 4 aliphatic rings. The summed E-state index contributed by atoms with van der Waals surface area (Å²) in [6, 6.07) is 0. The minimum atomic E-state index is -0.798. The maximum atomic E-state index is 13.4. The zero-order valence-electron chi connectivity index (χ0n) is 20.2. The van der Waals surface area contributed by atoms with Crippen LogP contribution >= 0.6 is 0 Å². The molecule has 0 aliphatic heterocycles. The van der Waals surface area contributed by atoms with Crippen LogP contribution in [0.5, 0.6) is 0 Å². The van der Waals surface area contributed by atoms with Crippen LogP contribution in [-0.2, 0) is 4.79 Å². The maximum absolute atomic E-state index is 13.4. The summed E-state index contributed by atoms with van der Waals surface area (Å²) in [6.45, 7) is 9.97. The number of Topliss-reactive ketones (excluding diaryl/α,β-unsaturated/α-hetero) is 1. The van der Waals surface area contributed by atoms with Crippen molar-refractivity contribution in [2.75, 3.05) is 0 Å². The van der Waals surface area contributed by atoms with Gasteiger partial charge in [0.25, 0.3) is 0 Å². The predicted octanol–water partition coefficient (Wildman–Crippen LogP) is 4.52. The Morgan fingerprint density at radius 2 is 1.91 bits per heavy atom. The van der Waals surface area contributed by atoms with Crippen LogP contribution in [0.3, 0.4) is 0 Å². The zero-order valence-corrected chi connectivity index (χ0v) is 20.2. The Bertz CT molecular complexity index is 903. The highest BCUT2D eigenvalue weighted by Gasteiger charge is 2.55. The van der Waals surface area contributed by atoms with Gasteiger partial charge >= 0.3 is 0 Å². The highest BCUT2D eigenvalue weighted by Crippen LogP contribution is 2.63. The summed E-state index contributed by atoms with van der Waals surface area (Å²) in [5.41, 5.74) is 2.24. The summed E-state index contributed by atoms with van der Waals surface area (Å²) in [7, 11) is 0. The van der Waals surface area contributed by atoms with E-state index in [9.17, 15) is 25.2 Å². The van der Waals surface area contributed by atoms with Gasteiger partial charge in [0.1, 0.15) is 0 Å². The number of allylic oxidation sites excluding steroid dienone is 4. The van der Waals surface area contributed by atoms with Crippen molar-refractivity contribution in [1.29, 1.82) is 0 Å². The molecule has 32 heavy (non-hydrogen) atoms. The van der Waals surface area contributed by atoms with Crippen molar-refractivity contribution in [3.8, 4) is 0 Å². The van der Waals surface area contributed by atoms with E-state index in [4.69, 9.17) is 0 Å². The monoisotopic (exact) mass is 444 g/mol. The van der Waals surface area contributed by atoms with Crippen LogP contribution in [0.15, 0.2) is 34.1 Å². The molecule has 4 aliphatic carbocycles. The van der Waals surface area contributed by atoms with E-state index in [0.29, 0.717) is 36.8 Å². The number of fused-ring (bicyclic) bond motifs is 4. The third-order valence-electron chi connectivity index (χ3n) is 9.25. The van der Waals surface area contributed by atoms with Gasteiger partial charge in [-0.3, -0.25) is 4.79 Å². The summed E-state index contributed by atoms with van der Waals surface area (Å²) in [5, 5.41) is 42.0. The lowest BCUT2D eigenvalue weighted by molar-refractivity contribution is -0.115. The van der Waals surface area contributed by atoms with Crippen LogP contribution in [0, 0.1) is 22.7 Å². The SMILES string of the molecule is C[C@H]([C@H](O)CCC(C)(C)O)[C@H]1CC=C2C3=C(CC[C@@]21C)[C@@]1(C)CC[C@H](O)CC1=C(O)C3=O. The van der Waals surface area contributed by atoms with Crippen molar-refractivity contribution < 1.29 is 25.2 Å². The van der Waals surface area contributed by atoms with E-state index in [1.165, 1.54) is 0 Å². The number of carbonyl (C=O) groups excluding carboxylic acids is 1. The molecule has 1 saturated carbocycles. The number of hydrogen-bond donors (Lipinski definition) is 4. The molecule has 1 fully saturated rings. The van der Waals surface area contributed by atoms with Gasteiger partial charge in [0.2, 0.25) is 5.78 Å². The van der Waals surface area contributed by atoms with Gasteiger partial charge in [-0.1, -0.05) is 26.8 Å². The number of hydrogen-bond acceptors (Lipinski definition) is 5. The van der Waals surface area contributed by atoms with Gasteiger partial charge in [0.05, 0.1) is 17.8 Å². The highest BCUT2D eigenvalue weighted by atomic mass is 16.3. The van der Waals surface area contributed by atoms with Crippen LogP contribution in [0.1, 0.15) is 86.0 Å². The molecule has 0 bridgehead atoms. The third-order valence-corrected chi connectivity index (χ3v) is 9.25. The lowest BCUT2D eigenvalue weighted by Crippen LogP contribution is -2.44. The van der Waals surface area contributed by atoms with Gasteiger partial charge < -0.3 is 20.4 Å². The van der Waals surface area contributed by atoms with E-state index in [1.54, 1.807) is 13.8 Å². The Morgan fingerprint density at radius 3 is 2.56 bits per heavy atom. The highest BCUT2D eigenvalue weighted by molar-refractivity contribution is 6.12. The fourth-order valence-corrected chi connectivity index (χ4v) is 7.07. The molecule has 0 heterocycles. The molecule has 0 radical (unpaired) electrons. The second kappa shape index (κ2) is 7.82.